The molecule has 0 radical (unpaired) electrons. The fourth-order valence-electron chi connectivity index (χ4n) is 2.57. The first-order valence-corrected chi connectivity index (χ1v) is 9.53. The third-order valence-electron chi connectivity index (χ3n) is 4.07. The second-order valence-electron chi connectivity index (χ2n) is 6.31. The fourth-order valence-corrected chi connectivity index (χ4v) is 3.07. The summed E-state index contributed by atoms with van der Waals surface area (Å²) in [4.78, 5) is 21.2. The van der Waals surface area contributed by atoms with E-state index in [-0.39, 0.29) is 41.5 Å². The van der Waals surface area contributed by atoms with E-state index in [0.29, 0.717) is 32.7 Å². The number of aromatic carboxylic acids is 1. The zero-order valence-electron chi connectivity index (χ0n) is 17.0. The Balaban J connectivity index is 0.000000344. The number of carboxylic acid groups (broad SMARTS) is 2. The maximum absolute atomic E-state index is 10.7. The maximum atomic E-state index is 10.7. The van der Waals surface area contributed by atoms with Crippen molar-refractivity contribution in [3.05, 3.63) is 87.4 Å². The van der Waals surface area contributed by atoms with Crippen molar-refractivity contribution >= 4 is 52.2 Å². The number of hydrogen-bond donors (Lipinski definition) is 3. The van der Waals surface area contributed by atoms with Crippen molar-refractivity contribution in [1.29, 1.82) is 0 Å². The summed E-state index contributed by atoms with van der Waals surface area (Å²) in [5.74, 6) is -2.07. The van der Waals surface area contributed by atoms with E-state index in [9.17, 15) is 14.7 Å². The van der Waals surface area contributed by atoms with Gasteiger partial charge in [-0.05, 0) is 48.4 Å². The first-order chi connectivity index (χ1) is 14.2. The molecule has 31 heavy (non-hydrogen) atoms. The van der Waals surface area contributed by atoms with Crippen LogP contribution in [0.2, 0.25) is 10.0 Å². The van der Waals surface area contributed by atoms with Crippen LogP contribution in [0.15, 0.2) is 60.7 Å². The van der Waals surface area contributed by atoms with Gasteiger partial charge in [-0.25, -0.2) is 4.79 Å². The van der Waals surface area contributed by atoms with E-state index >= 15 is 0 Å². The van der Waals surface area contributed by atoms with Crippen molar-refractivity contribution in [3.8, 4) is 0 Å². The number of halogens is 2. The van der Waals surface area contributed by atoms with Gasteiger partial charge >= 0.3 is 35.5 Å². The smallest absolute Gasteiger partial charge is 0.550 e. The van der Waals surface area contributed by atoms with Crippen molar-refractivity contribution in [3.63, 3.8) is 0 Å². The van der Waals surface area contributed by atoms with Gasteiger partial charge in [-0.2, -0.15) is 0 Å². The molecule has 0 aliphatic carbocycles. The van der Waals surface area contributed by atoms with E-state index in [2.05, 4.69) is 5.32 Å². The molecule has 0 amide bonds. The molecule has 3 aromatic rings. The predicted octanol–water partition coefficient (Wildman–Crippen LogP) is 1.31. The molecular weight excluding hydrogens is 450 g/mol. The van der Waals surface area contributed by atoms with E-state index in [1.54, 1.807) is 61.5 Å². The number of rotatable bonds is 5. The van der Waals surface area contributed by atoms with Crippen LogP contribution in [-0.2, 0) is 11.2 Å². The Hall–Kier alpha value is -2.22. The SMILES string of the molecule is Cc1ccc(N)cc1C(=O)O.O=C([O-])Cc1ccccc1Nc1c(Cl)cccc1Cl.[Na+]. The summed E-state index contributed by atoms with van der Waals surface area (Å²) >= 11 is 12.1. The van der Waals surface area contributed by atoms with Gasteiger partial charge in [0.1, 0.15) is 0 Å². The minimum absolute atomic E-state index is 0. The van der Waals surface area contributed by atoms with Crippen LogP contribution in [0, 0.1) is 6.92 Å². The molecule has 0 aromatic heterocycles. The molecule has 156 valence electrons. The number of nitrogens with one attached hydrogen (secondary N) is 1. The molecule has 3 rings (SSSR count). The van der Waals surface area contributed by atoms with E-state index in [0.717, 1.165) is 5.56 Å². The topological polar surface area (TPSA) is 115 Å². The molecule has 0 aliphatic heterocycles. The van der Waals surface area contributed by atoms with Gasteiger partial charge in [-0.3, -0.25) is 0 Å². The quantitative estimate of drug-likeness (QED) is 0.384. The average Bonchev–Trinajstić information content (AvgIpc) is 2.68. The van der Waals surface area contributed by atoms with E-state index in [1.807, 2.05) is 0 Å². The molecule has 0 unspecified atom stereocenters. The number of nitrogen functional groups attached to an aromatic ring is 1. The summed E-state index contributed by atoms with van der Waals surface area (Å²) < 4.78 is 0. The first kappa shape index (κ1) is 26.8. The number of aryl methyl sites for hydroxylation is 1. The number of para-hydroxylation sites is 2. The Labute approximate surface area is 212 Å². The molecule has 0 bridgehead atoms. The van der Waals surface area contributed by atoms with Crippen LogP contribution in [0.1, 0.15) is 21.5 Å². The second kappa shape index (κ2) is 12.6. The predicted molar refractivity (Wildman–Crippen MR) is 117 cm³/mol. The van der Waals surface area contributed by atoms with Gasteiger partial charge in [-0.15, -0.1) is 0 Å². The third-order valence-corrected chi connectivity index (χ3v) is 4.70. The van der Waals surface area contributed by atoms with Gasteiger partial charge in [0.15, 0.2) is 0 Å². The summed E-state index contributed by atoms with van der Waals surface area (Å²) in [6.07, 6.45) is -0.175. The van der Waals surface area contributed by atoms with Crippen molar-refractivity contribution in [2.45, 2.75) is 13.3 Å². The van der Waals surface area contributed by atoms with Crippen molar-refractivity contribution in [1.82, 2.24) is 0 Å². The van der Waals surface area contributed by atoms with Gasteiger partial charge in [0.2, 0.25) is 0 Å². The Bertz CT molecular complexity index is 1060. The summed E-state index contributed by atoms with van der Waals surface area (Å²) in [6.45, 7) is 1.74. The Morgan fingerprint density at radius 3 is 2.19 bits per heavy atom. The summed E-state index contributed by atoms with van der Waals surface area (Å²) in [5.41, 5.74) is 8.68. The van der Waals surface area contributed by atoms with Crippen molar-refractivity contribution in [2.75, 3.05) is 11.1 Å². The molecular formula is C22H19Cl2N2NaO4. The Morgan fingerprint density at radius 1 is 1.03 bits per heavy atom. The second-order valence-corrected chi connectivity index (χ2v) is 7.12. The normalized spacial score (nSPS) is 9.65. The molecule has 0 atom stereocenters. The number of carboxylic acids is 2. The van der Waals surface area contributed by atoms with E-state index in [1.165, 1.54) is 6.07 Å². The third kappa shape index (κ3) is 8.09. The summed E-state index contributed by atoms with van der Waals surface area (Å²) in [6, 6.07) is 17.0. The minimum Gasteiger partial charge on any atom is -0.550 e. The molecule has 0 saturated heterocycles. The first-order valence-electron chi connectivity index (χ1n) is 8.77. The van der Waals surface area contributed by atoms with Crippen LogP contribution in [0.5, 0.6) is 0 Å². The molecule has 0 spiro atoms. The molecule has 9 heteroatoms. The van der Waals surface area contributed by atoms with Gasteiger partial charge in [-0.1, -0.05) is 53.5 Å². The molecule has 6 nitrogen and oxygen atoms in total. The Morgan fingerprint density at radius 2 is 1.65 bits per heavy atom. The molecule has 4 N–H and O–H groups in total. The molecule has 0 heterocycles. The van der Waals surface area contributed by atoms with Crippen LogP contribution in [0.4, 0.5) is 17.1 Å². The van der Waals surface area contributed by atoms with Gasteiger partial charge < -0.3 is 26.1 Å². The summed E-state index contributed by atoms with van der Waals surface area (Å²) in [5, 5.41) is 23.3. The van der Waals surface area contributed by atoms with Crippen LogP contribution >= 0.6 is 23.2 Å². The summed E-state index contributed by atoms with van der Waals surface area (Å²) in [7, 11) is 0. The molecule has 0 saturated carbocycles. The van der Waals surface area contributed by atoms with Crippen LogP contribution in [-0.4, -0.2) is 17.0 Å². The van der Waals surface area contributed by atoms with Gasteiger partial charge in [0.05, 0.1) is 21.3 Å². The number of anilines is 3. The number of aliphatic carboxylic acids is 1. The van der Waals surface area contributed by atoms with Crippen LogP contribution in [0.3, 0.4) is 0 Å². The van der Waals surface area contributed by atoms with Gasteiger partial charge in [0.25, 0.3) is 0 Å². The van der Waals surface area contributed by atoms with Crippen molar-refractivity contribution in [2.24, 2.45) is 0 Å². The number of carbonyl (C=O) groups excluding carboxylic acids is 1. The number of nitrogens with two attached hydrogens (primary N) is 1. The monoisotopic (exact) mass is 468 g/mol. The fraction of sp³-hybridized carbons (Fsp3) is 0.0909. The standard InChI is InChI=1S/C14H11Cl2NO2.C8H9NO2.Na/c15-10-5-3-6-11(16)14(10)17-12-7-2-1-4-9(12)8-13(18)19;1-5-2-3-6(9)4-7(5)8(10)11;/h1-7,17H,8H2,(H,18,19);2-4H,9H2,1H3,(H,10,11);/q;;+1/p-1. The number of carbonyl (C=O) groups is 2. The zero-order valence-corrected chi connectivity index (χ0v) is 20.5. The average molecular weight is 469 g/mol. The van der Waals surface area contributed by atoms with Crippen LogP contribution in [0.25, 0.3) is 0 Å². The molecule has 0 fully saturated rings. The van der Waals surface area contributed by atoms with Crippen LogP contribution < -0.4 is 45.7 Å². The molecule has 3 aromatic carbocycles. The maximum Gasteiger partial charge on any atom is 1.00 e. The largest absolute Gasteiger partial charge is 1.00 e. The number of benzene rings is 3. The minimum atomic E-state index is -1.14. The van der Waals surface area contributed by atoms with E-state index in [4.69, 9.17) is 34.0 Å². The number of hydrogen-bond acceptors (Lipinski definition) is 5. The zero-order chi connectivity index (χ0) is 22.3. The van der Waals surface area contributed by atoms with Crippen molar-refractivity contribution < 1.29 is 49.4 Å². The van der Waals surface area contributed by atoms with E-state index < -0.39 is 11.9 Å². The van der Waals surface area contributed by atoms with Gasteiger partial charge in [0, 0.05) is 23.8 Å². The Kier molecular flexibility index (Phi) is 10.9. The molecule has 0 aliphatic rings.